The van der Waals surface area contributed by atoms with Crippen LogP contribution in [0.5, 0.6) is 5.75 Å². The van der Waals surface area contributed by atoms with Gasteiger partial charge in [-0.25, -0.2) is 0 Å². The molecule has 2 aliphatic heterocycles. The van der Waals surface area contributed by atoms with Crippen molar-refractivity contribution in [2.75, 3.05) is 20.2 Å². The number of pyridine rings is 1. The van der Waals surface area contributed by atoms with E-state index < -0.39 is 0 Å². The third-order valence-corrected chi connectivity index (χ3v) is 6.31. The molecule has 2 bridgehead atoms. The van der Waals surface area contributed by atoms with Crippen molar-refractivity contribution in [3.05, 3.63) is 88.3 Å². The highest BCUT2D eigenvalue weighted by Gasteiger charge is 2.36. The second kappa shape index (κ2) is 7.48. The van der Waals surface area contributed by atoms with Crippen LogP contribution in [0.15, 0.2) is 71.5 Å². The van der Waals surface area contributed by atoms with Crippen LogP contribution in [0.2, 0.25) is 0 Å². The van der Waals surface area contributed by atoms with E-state index in [1.807, 2.05) is 70.1 Å². The lowest BCUT2D eigenvalue weighted by molar-refractivity contribution is 0.0594. The molecule has 0 spiro atoms. The Morgan fingerprint density at radius 3 is 2.43 bits per heavy atom. The average molecular weight is 400 g/mol. The first-order valence-electron chi connectivity index (χ1n) is 10.4. The average Bonchev–Trinajstić information content (AvgIpc) is 2.80. The number of hydrogen-bond donors (Lipinski definition) is 0. The van der Waals surface area contributed by atoms with Crippen LogP contribution in [0.4, 0.5) is 0 Å². The normalized spacial score (nSPS) is 19.8. The fourth-order valence-electron chi connectivity index (χ4n) is 4.87. The van der Waals surface area contributed by atoms with Gasteiger partial charge in [0.05, 0.1) is 7.11 Å². The van der Waals surface area contributed by atoms with Gasteiger partial charge in [-0.1, -0.05) is 30.3 Å². The summed E-state index contributed by atoms with van der Waals surface area (Å²) in [6.45, 7) is 2.02. The molecule has 5 heteroatoms. The molecule has 30 heavy (non-hydrogen) atoms. The van der Waals surface area contributed by atoms with Crippen molar-refractivity contribution in [2.24, 2.45) is 5.92 Å². The Kier molecular flexibility index (Phi) is 4.66. The molecule has 2 aliphatic rings. The highest BCUT2D eigenvalue weighted by atomic mass is 16.5. The Balaban J connectivity index is 1.45. The van der Waals surface area contributed by atoms with Crippen molar-refractivity contribution < 1.29 is 9.53 Å². The van der Waals surface area contributed by atoms with Gasteiger partial charge in [0.25, 0.3) is 11.5 Å². The second-order valence-corrected chi connectivity index (χ2v) is 8.19. The summed E-state index contributed by atoms with van der Waals surface area (Å²) in [4.78, 5) is 28.2. The van der Waals surface area contributed by atoms with Crippen LogP contribution in [0.3, 0.4) is 0 Å². The third kappa shape index (κ3) is 3.20. The fraction of sp³-hybridized carbons (Fsp3) is 0.280. The molecule has 0 unspecified atom stereocenters. The molecule has 2 aromatic carbocycles. The molecule has 3 heterocycles. The number of carbonyl (C=O) groups excluding carboxylic acids is 1. The smallest absolute Gasteiger partial charge is 0.258 e. The van der Waals surface area contributed by atoms with Gasteiger partial charge in [0.2, 0.25) is 0 Å². The number of ether oxygens (including phenoxy) is 1. The summed E-state index contributed by atoms with van der Waals surface area (Å²) in [6.07, 6.45) is 1.03. The molecule has 0 radical (unpaired) electrons. The summed E-state index contributed by atoms with van der Waals surface area (Å²) in [5.41, 5.74) is 3.42. The fourth-order valence-corrected chi connectivity index (χ4v) is 4.87. The molecule has 5 nitrogen and oxygen atoms in total. The molecular weight excluding hydrogens is 376 g/mol. The monoisotopic (exact) mass is 400 g/mol. The van der Waals surface area contributed by atoms with E-state index in [9.17, 15) is 9.59 Å². The van der Waals surface area contributed by atoms with Gasteiger partial charge >= 0.3 is 0 Å². The van der Waals surface area contributed by atoms with Crippen molar-refractivity contribution in [2.45, 2.75) is 18.9 Å². The zero-order chi connectivity index (χ0) is 20.7. The van der Waals surface area contributed by atoms with Crippen LogP contribution >= 0.6 is 0 Å². The van der Waals surface area contributed by atoms with E-state index in [1.165, 1.54) is 0 Å². The predicted octanol–water partition coefficient (Wildman–Crippen LogP) is 3.78. The van der Waals surface area contributed by atoms with E-state index in [4.69, 9.17) is 4.74 Å². The molecule has 1 aromatic heterocycles. The number of rotatable bonds is 3. The topological polar surface area (TPSA) is 51.5 Å². The van der Waals surface area contributed by atoms with Crippen LogP contribution in [-0.4, -0.2) is 35.6 Å². The van der Waals surface area contributed by atoms with Gasteiger partial charge in [-0.05, 0) is 54.3 Å². The summed E-state index contributed by atoms with van der Waals surface area (Å²) in [5.74, 6) is 1.35. The van der Waals surface area contributed by atoms with Gasteiger partial charge in [0.1, 0.15) is 5.75 Å². The Morgan fingerprint density at radius 2 is 1.70 bits per heavy atom. The number of methoxy groups -OCH3 is 1. The molecule has 2 atom stereocenters. The first kappa shape index (κ1) is 18.7. The number of hydrogen-bond acceptors (Lipinski definition) is 3. The number of piperidine rings is 1. The molecule has 5 rings (SSSR count). The van der Waals surface area contributed by atoms with Crippen LogP contribution in [0, 0.1) is 5.92 Å². The molecule has 1 fully saturated rings. The first-order valence-corrected chi connectivity index (χ1v) is 10.4. The second-order valence-electron chi connectivity index (χ2n) is 8.19. The number of likely N-dealkylation sites (tertiary alicyclic amines) is 1. The summed E-state index contributed by atoms with van der Waals surface area (Å²) in [5, 5.41) is 0. The highest BCUT2D eigenvalue weighted by molar-refractivity contribution is 5.94. The Bertz CT molecular complexity index is 1140. The van der Waals surface area contributed by atoms with E-state index in [0.29, 0.717) is 31.1 Å². The minimum absolute atomic E-state index is 0.0511. The lowest BCUT2D eigenvalue weighted by Crippen LogP contribution is -2.49. The largest absolute Gasteiger partial charge is 0.497 e. The summed E-state index contributed by atoms with van der Waals surface area (Å²) in [6, 6.07) is 21.0. The zero-order valence-corrected chi connectivity index (χ0v) is 17.0. The van der Waals surface area contributed by atoms with Crippen LogP contribution in [0.25, 0.3) is 11.1 Å². The molecule has 1 amide bonds. The van der Waals surface area contributed by atoms with Crippen molar-refractivity contribution in [1.82, 2.24) is 9.47 Å². The van der Waals surface area contributed by atoms with E-state index in [1.54, 1.807) is 7.11 Å². The molecule has 0 saturated carbocycles. The SMILES string of the molecule is COc1ccc(-c2ccc3n(c2=O)C[C@@H]2C[C@@H]3CN(C(=O)c3ccccc3)C2)cc1. The zero-order valence-electron chi connectivity index (χ0n) is 17.0. The minimum atomic E-state index is 0.0511. The maximum Gasteiger partial charge on any atom is 0.258 e. The van der Waals surface area contributed by atoms with Gasteiger partial charge in [-0.15, -0.1) is 0 Å². The minimum Gasteiger partial charge on any atom is -0.497 e. The first-order chi connectivity index (χ1) is 14.6. The molecule has 0 aliphatic carbocycles. The van der Waals surface area contributed by atoms with E-state index in [2.05, 4.69) is 6.07 Å². The molecular formula is C25H24N2O3. The van der Waals surface area contributed by atoms with Crippen molar-refractivity contribution in [3.63, 3.8) is 0 Å². The predicted molar refractivity (Wildman–Crippen MR) is 116 cm³/mol. The standard InChI is InChI=1S/C25H24N2O3/c1-30-21-9-7-18(8-10-21)22-11-12-23-20-13-17(15-27(23)25(22)29)14-26(16-20)24(28)19-5-3-2-4-6-19/h2-12,17,20H,13-16H2,1H3/t17-,20-/m1/s1. The number of carbonyl (C=O) groups is 1. The summed E-state index contributed by atoms with van der Waals surface area (Å²) >= 11 is 0. The van der Waals surface area contributed by atoms with Gasteiger partial charge in [0, 0.05) is 42.4 Å². The Labute approximate surface area is 175 Å². The van der Waals surface area contributed by atoms with Gasteiger partial charge in [-0.3, -0.25) is 9.59 Å². The number of fused-ring (bicyclic) bond motifs is 4. The lowest BCUT2D eigenvalue weighted by Gasteiger charge is -2.43. The maximum atomic E-state index is 13.3. The van der Waals surface area contributed by atoms with Gasteiger partial charge in [0.15, 0.2) is 0 Å². The summed E-state index contributed by atoms with van der Waals surface area (Å²) < 4.78 is 7.16. The molecule has 1 saturated heterocycles. The van der Waals surface area contributed by atoms with Crippen molar-refractivity contribution >= 4 is 5.91 Å². The van der Waals surface area contributed by atoms with E-state index in [0.717, 1.165) is 29.0 Å². The quantitative estimate of drug-likeness (QED) is 0.672. The van der Waals surface area contributed by atoms with Crippen molar-refractivity contribution in [3.8, 4) is 16.9 Å². The highest BCUT2D eigenvalue weighted by Crippen LogP contribution is 2.36. The number of amides is 1. The van der Waals surface area contributed by atoms with Gasteiger partial charge in [-0.2, -0.15) is 0 Å². The van der Waals surface area contributed by atoms with Crippen LogP contribution in [-0.2, 0) is 6.54 Å². The Morgan fingerprint density at radius 1 is 0.933 bits per heavy atom. The lowest BCUT2D eigenvalue weighted by atomic mass is 9.82. The van der Waals surface area contributed by atoms with E-state index >= 15 is 0 Å². The summed E-state index contributed by atoms with van der Waals surface area (Å²) in [7, 11) is 1.63. The number of aromatic nitrogens is 1. The maximum absolute atomic E-state index is 13.3. The van der Waals surface area contributed by atoms with Crippen LogP contribution < -0.4 is 10.3 Å². The van der Waals surface area contributed by atoms with Crippen LogP contribution in [0.1, 0.15) is 28.4 Å². The number of nitrogens with zero attached hydrogens (tertiary/aromatic N) is 2. The third-order valence-electron chi connectivity index (χ3n) is 6.31. The molecule has 0 N–H and O–H groups in total. The van der Waals surface area contributed by atoms with E-state index in [-0.39, 0.29) is 17.4 Å². The van der Waals surface area contributed by atoms with Gasteiger partial charge < -0.3 is 14.2 Å². The molecule has 3 aromatic rings. The van der Waals surface area contributed by atoms with Crippen molar-refractivity contribution in [1.29, 1.82) is 0 Å². The Hall–Kier alpha value is -3.34. The number of benzene rings is 2. The molecule has 152 valence electrons.